The Kier molecular flexibility index (Phi) is 15.4. The predicted molar refractivity (Wildman–Crippen MR) is 201 cm³/mol. The number of aromatic nitrogens is 4. The molecule has 58 heavy (non-hydrogen) atoms. The minimum atomic E-state index is -0.905. The van der Waals surface area contributed by atoms with Crippen molar-refractivity contribution in [3.63, 3.8) is 0 Å². The van der Waals surface area contributed by atoms with Crippen LogP contribution in [-0.4, -0.2) is 70.6 Å². The Balaban J connectivity index is 0.000000257. The van der Waals surface area contributed by atoms with E-state index in [0.717, 1.165) is 30.3 Å². The van der Waals surface area contributed by atoms with Gasteiger partial charge in [-0.1, -0.05) is 23.2 Å². The average molecular weight is 847 g/mol. The lowest BCUT2D eigenvalue weighted by Gasteiger charge is -2.14. The van der Waals surface area contributed by atoms with Crippen LogP contribution < -0.4 is 35.5 Å². The van der Waals surface area contributed by atoms with E-state index in [9.17, 15) is 37.5 Å². The van der Waals surface area contributed by atoms with Crippen molar-refractivity contribution < 1.29 is 56.4 Å². The van der Waals surface area contributed by atoms with Crippen LogP contribution in [0.2, 0.25) is 10.0 Å². The van der Waals surface area contributed by atoms with Crippen LogP contribution >= 0.6 is 23.2 Å². The fourth-order valence-electron chi connectivity index (χ4n) is 4.46. The molecule has 0 saturated carbocycles. The maximum absolute atomic E-state index is 14.5. The van der Waals surface area contributed by atoms with E-state index in [-0.39, 0.29) is 62.0 Å². The summed E-state index contributed by atoms with van der Waals surface area (Å²) in [5.74, 6) is -3.99. The molecule has 5 aromatic rings. The van der Waals surface area contributed by atoms with Gasteiger partial charge in [0.05, 0.1) is 42.1 Å². The third-order valence-electron chi connectivity index (χ3n) is 7.04. The molecule has 0 fully saturated rings. The molecule has 5 rings (SSSR count). The number of carbonyl (C=O) groups excluding carboxylic acids is 4. The first-order chi connectivity index (χ1) is 27.6. The average Bonchev–Trinajstić information content (AvgIpc) is 3.16. The summed E-state index contributed by atoms with van der Waals surface area (Å²) in [5, 5.41) is 2.07. The molecule has 0 unspecified atom stereocenters. The van der Waals surface area contributed by atoms with Crippen molar-refractivity contribution in [2.45, 2.75) is 20.3 Å². The summed E-state index contributed by atoms with van der Waals surface area (Å²) >= 11 is 12.1. The van der Waals surface area contributed by atoms with Crippen LogP contribution in [0.1, 0.15) is 19.0 Å². The lowest BCUT2D eigenvalue weighted by Crippen LogP contribution is -2.34. The molecule has 304 valence electrons. The van der Waals surface area contributed by atoms with Crippen LogP contribution in [0.4, 0.5) is 14.5 Å². The van der Waals surface area contributed by atoms with Gasteiger partial charge in [0.2, 0.25) is 5.91 Å². The van der Waals surface area contributed by atoms with E-state index < -0.39 is 60.4 Å². The number of methoxy groups -OCH3 is 2. The summed E-state index contributed by atoms with van der Waals surface area (Å²) in [6.07, 6.45) is 2.42. The molecule has 2 aromatic carbocycles. The zero-order chi connectivity index (χ0) is 42.5. The van der Waals surface area contributed by atoms with Crippen molar-refractivity contribution in [3.05, 3.63) is 115 Å². The summed E-state index contributed by atoms with van der Waals surface area (Å²) in [6, 6.07) is 11.3. The number of esters is 2. The molecule has 0 saturated heterocycles. The van der Waals surface area contributed by atoms with Crippen molar-refractivity contribution in [2.24, 2.45) is 0 Å². The molecular formula is C37H31Cl2F2N5O12. The number of hydrogen-bond donors (Lipinski definition) is 2. The maximum atomic E-state index is 14.5. The van der Waals surface area contributed by atoms with Crippen molar-refractivity contribution >= 4 is 52.5 Å². The fourth-order valence-corrected chi connectivity index (χ4v) is 4.84. The molecule has 0 aliphatic rings. The highest BCUT2D eigenvalue weighted by Gasteiger charge is 2.19. The lowest BCUT2D eigenvalue weighted by molar-refractivity contribution is -0.143. The standard InChI is InChI=1S/C19H15ClFN3O6.C18H16ClFN2O6/c1-10-6-16(25)24(19(27)23-10)13-8-15(11(20)7-12(13)21)30-14-4-3-5-22-18(14)29-9-17(26)28-2;1-10(23)6-16(24)22-13-8-15(11(19)7-12(13)20)28-14-4-3-5-21-18(14)27-9-17(25)26-2/h3-8H,9H2,1-2H3,(H,23,27);3-5,7-8H,6,9H2,1-2H3,(H,22,24). The normalized spacial score (nSPS) is 10.3. The molecule has 0 radical (unpaired) electrons. The number of ether oxygens (including phenoxy) is 6. The summed E-state index contributed by atoms with van der Waals surface area (Å²) in [4.78, 5) is 80.0. The molecule has 1 amide bonds. The highest BCUT2D eigenvalue weighted by molar-refractivity contribution is 6.32. The van der Waals surface area contributed by atoms with Gasteiger partial charge in [-0.05, 0) is 50.2 Å². The SMILES string of the molecule is COC(=O)COc1ncccc1Oc1cc(-n2c(=O)cc(C)[nH]c2=O)c(F)cc1Cl.COC(=O)COc1ncccc1Oc1cc(NC(=O)CC(C)=O)c(F)cc1Cl. The Labute approximate surface area is 336 Å². The Morgan fingerprint density at radius 1 is 0.776 bits per heavy atom. The summed E-state index contributed by atoms with van der Waals surface area (Å²) < 4.78 is 59.9. The quantitative estimate of drug-likeness (QED) is 0.104. The van der Waals surface area contributed by atoms with E-state index >= 15 is 0 Å². The van der Waals surface area contributed by atoms with Crippen molar-refractivity contribution in [1.82, 2.24) is 19.5 Å². The third kappa shape index (κ3) is 12.1. The first kappa shape index (κ1) is 43.9. The van der Waals surface area contributed by atoms with Gasteiger partial charge in [-0.2, -0.15) is 0 Å². The Morgan fingerprint density at radius 2 is 1.29 bits per heavy atom. The number of carbonyl (C=O) groups is 4. The minimum Gasteiger partial charge on any atom is -0.466 e. The number of benzene rings is 2. The number of aryl methyl sites for hydroxylation is 1. The van der Waals surface area contributed by atoms with E-state index in [2.05, 4.69) is 29.7 Å². The van der Waals surface area contributed by atoms with Gasteiger partial charge in [0.25, 0.3) is 17.3 Å². The van der Waals surface area contributed by atoms with Gasteiger partial charge in [-0.25, -0.2) is 37.7 Å². The molecule has 3 aromatic heterocycles. The molecule has 0 aliphatic heterocycles. The first-order valence-corrected chi connectivity index (χ1v) is 17.1. The zero-order valence-electron chi connectivity index (χ0n) is 30.7. The number of rotatable bonds is 14. The molecule has 21 heteroatoms. The van der Waals surface area contributed by atoms with E-state index in [0.29, 0.717) is 10.3 Å². The topological polar surface area (TPSA) is 216 Å². The van der Waals surface area contributed by atoms with Crippen LogP contribution in [0, 0.1) is 18.6 Å². The van der Waals surface area contributed by atoms with Crippen molar-refractivity contribution in [1.29, 1.82) is 0 Å². The van der Waals surface area contributed by atoms with E-state index in [1.165, 1.54) is 58.7 Å². The molecule has 0 bridgehead atoms. The van der Waals surface area contributed by atoms with Gasteiger partial charge in [-0.15, -0.1) is 0 Å². The predicted octanol–water partition coefficient (Wildman–Crippen LogP) is 5.50. The molecule has 3 heterocycles. The Hall–Kier alpha value is -6.86. The molecule has 2 N–H and O–H groups in total. The van der Waals surface area contributed by atoms with Crippen molar-refractivity contribution in [3.8, 4) is 40.4 Å². The van der Waals surface area contributed by atoms with Gasteiger partial charge in [0, 0.05) is 36.3 Å². The van der Waals surface area contributed by atoms with E-state index in [1.54, 1.807) is 6.07 Å². The summed E-state index contributed by atoms with van der Waals surface area (Å²) in [5.41, 5.74) is -1.80. The Morgan fingerprint density at radius 3 is 1.79 bits per heavy atom. The van der Waals surface area contributed by atoms with Crippen LogP contribution in [0.3, 0.4) is 0 Å². The summed E-state index contributed by atoms with van der Waals surface area (Å²) in [6.45, 7) is 1.95. The summed E-state index contributed by atoms with van der Waals surface area (Å²) in [7, 11) is 2.41. The number of anilines is 1. The monoisotopic (exact) mass is 845 g/mol. The second-order valence-electron chi connectivity index (χ2n) is 11.4. The number of pyridine rings is 2. The molecule has 0 spiro atoms. The second kappa shape index (κ2) is 20.3. The fraction of sp³-hybridized carbons (Fsp3) is 0.189. The van der Waals surface area contributed by atoms with Gasteiger partial charge in [0.1, 0.15) is 28.9 Å². The largest absolute Gasteiger partial charge is 0.466 e. The number of nitrogens with one attached hydrogen (secondary N) is 2. The number of ketones is 1. The zero-order valence-corrected chi connectivity index (χ0v) is 32.2. The molecular weight excluding hydrogens is 815 g/mol. The minimum absolute atomic E-state index is 0.00268. The molecule has 0 aliphatic carbocycles. The highest BCUT2D eigenvalue weighted by Crippen LogP contribution is 2.38. The second-order valence-corrected chi connectivity index (χ2v) is 12.2. The number of Topliss-reactive ketones (excluding diaryl/α,β-unsaturated/α-hetero) is 1. The highest BCUT2D eigenvalue weighted by atomic mass is 35.5. The number of halogens is 4. The van der Waals surface area contributed by atoms with Gasteiger partial charge in [-0.3, -0.25) is 14.4 Å². The molecule has 17 nitrogen and oxygen atoms in total. The van der Waals surface area contributed by atoms with Crippen LogP contribution in [0.25, 0.3) is 5.69 Å². The number of aromatic amines is 1. The number of nitrogens with zero attached hydrogens (tertiary/aromatic N) is 3. The van der Waals surface area contributed by atoms with E-state index in [4.69, 9.17) is 42.1 Å². The van der Waals surface area contributed by atoms with Gasteiger partial charge in [0.15, 0.2) is 24.7 Å². The Bertz CT molecular complexity index is 2430. The van der Waals surface area contributed by atoms with Gasteiger partial charge < -0.3 is 38.7 Å². The lowest BCUT2D eigenvalue weighted by atomic mass is 10.2. The van der Waals surface area contributed by atoms with Crippen molar-refractivity contribution in [2.75, 3.05) is 32.8 Å². The number of hydrogen-bond acceptors (Lipinski definition) is 14. The van der Waals surface area contributed by atoms with Crippen LogP contribution in [0.15, 0.2) is 76.6 Å². The van der Waals surface area contributed by atoms with Crippen LogP contribution in [-0.2, 0) is 28.7 Å². The van der Waals surface area contributed by atoms with Gasteiger partial charge >= 0.3 is 17.6 Å². The number of amides is 1. The number of H-pyrrole nitrogens is 1. The van der Waals surface area contributed by atoms with E-state index in [1.807, 2.05) is 0 Å². The smallest absolute Gasteiger partial charge is 0.343 e. The molecule has 0 atom stereocenters. The first-order valence-electron chi connectivity index (χ1n) is 16.4. The van der Waals surface area contributed by atoms with Crippen LogP contribution in [0.5, 0.6) is 34.8 Å². The maximum Gasteiger partial charge on any atom is 0.343 e. The third-order valence-corrected chi connectivity index (χ3v) is 7.63.